The van der Waals surface area contributed by atoms with Crippen LogP contribution in [0.25, 0.3) is 0 Å². The van der Waals surface area contributed by atoms with Gasteiger partial charge in [-0.25, -0.2) is 0 Å². The van der Waals surface area contributed by atoms with Crippen LogP contribution in [0, 0.1) is 22.7 Å². The van der Waals surface area contributed by atoms with Crippen molar-refractivity contribution in [2.24, 2.45) is 11.3 Å². The van der Waals surface area contributed by atoms with Gasteiger partial charge in [0.1, 0.15) is 5.41 Å². The van der Waals surface area contributed by atoms with E-state index in [2.05, 4.69) is 6.07 Å². The number of likely N-dealkylation sites (tertiary alicyclic amines) is 1. The van der Waals surface area contributed by atoms with Gasteiger partial charge in [0.25, 0.3) is 0 Å². The molecule has 1 aliphatic heterocycles. The summed E-state index contributed by atoms with van der Waals surface area (Å²) in [5.41, 5.74) is -0.0997. The minimum absolute atomic E-state index is 0.158. The SMILES string of the molecule is N#CC1(C(=O)N2C[C@@H](C(=O)O)[C@H](c3ccc(Cl)cc3)C2)CCCC1. The Morgan fingerprint density at radius 3 is 2.38 bits per heavy atom. The Kier molecular flexibility index (Phi) is 4.51. The molecule has 1 N–H and O–H groups in total. The lowest BCUT2D eigenvalue weighted by atomic mass is 9.86. The minimum atomic E-state index is -0.960. The molecule has 1 amide bonds. The van der Waals surface area contributed by atoms with E-state index in [-0.39, 0.29) is 18.4 Å². The highest BCUT2D eigenvalue weighted by atomic mass is 35.5. The highest BCUT2D eigenvalue weighted by molar-refractivity contribution is 6.30. The largest absolute Gasteiger partial charge is 0.481 e. The molecule has 2 aliphatic rings. The van der Waals surface area contributed by atoms with Crippen molar-refractivity contribution in [1.82, 2.24) is 4.90 Å². The molecule has 1 heterocycles. The van der Waals surface area contributed by atoms with Crippen LogP contribution in [0.15, 0.2) is 24.3 Å². The fourth-order valence-corrected chi connectivity index (χ4v) is 4.05. The molecule has 6 heteroatoms. The first-order valence-corrected chi connectivity index (χ1v) is 8.53. The van der Waals surface area contributed by atoms with Crippen molar-refractivity contribution in [3.63, 3.8) is 0 Å². The number of carbonyl (C=O) groups is 2. The van der Waals surface area contributed by atoms with Gasteiger partial charge in [0.05, 0.1) is 12.0 Å². The van der Waals surface area contributed by atoms with E-state index in [9.17, 15) is 20.0 Å². The number of benzene rings is 1. The summed E-state index contributed by atoms with van der Waals surface area (Å²) in [6, 6.07) is 9.29. The van der Waals surface area contributed by atoms with Crippen molar-refractivity contribution in [2.75, 3.05) is 13.1 Å². The number of carboxylic acids is 1. The minimum Gasteiger partial charge on any atom is -0.481 e. The molecule has 0 bridgehead atoms. The van der Waals surface area contributed by atoms with Crippen molar-refractivity contribution in [3.05, 3.63) is 34.9 Å². The van der Waals surface area contributed by atoms with Crippen molar-refractivity contribution in [1.29, 1.82) is 5.26 Å². The predicted octanol–water partition coefficient (Wildman–Crippen LogP) is 3.05. The van der Waals surface area contributed by atoms with Crippen LogP contribution in [-0.2, 0) is 9.59 Å². The first kappa shape index (κ1) is 16.8. The van der Waals surface area contributed by atoms with E-state index < -0.39 is 17.3 Å². The average molecular weight is 347 g/mol. The molecule has 1 aliphatic carbocycles. The topological polar surface area (TPSA) is 81.4 Å². The zero-order valence-electron chi connectivity index (χ0n) is 13.2. The van der Waals surface area contributed by atoms with Gasteiger partial charge in [-0.15, -0.1) is 0 Å². The molecule has 1 saturated heterocycles. The van der Waals surface area contributed by atoms with Crippen molar-refractivity contribution >= 4 is 23.5 Å². The quantitative estimate of drug-likeness (QED) is 0.912. The maximum absolute atomic E-state index is 12.9. The van der Waals surface area contributed by atoms with Crippen LogP contribution in [0.5, 0.6) is 0 Å². The Bertz CT molecular complexity index is 689. The maximum Gasteiger partial charge on any atom is 0.308 e. The van der Waals surface area contributed by atoms with Gasteiger partial charge < -0.3 is 10.0 Å². The van der Waals surface area contributed by atoms with Crippen LogP contribution in [0.2, 0.25) is 5.02 Å². The molecule has 0 radical (unpaired) electrons. The molecule has 5 nitrogen and oxygen atoms in total. The zero-order valence-corrected chi connectivity index (χ0v) is 14.0. The normalized spacial score (nSPS) is 25.4. The van der Waals surface area contributed by atoms with Crippen LogP contribution in [0.4, 0.5) is 0 Å². The van der Waals surface area contributed by atoms with Crippen LogP contribution in [-0.4, -0.2) is 35.0 Å². The first-order chi connectivity index (χ1) is 11.5. The number of rotatable bonds is 3. The van der Waals surface area contributed by atoms with Gasteiger partial charge >= 0.3 is 5.97 Å². The Morgan fingerprint density at radius 2 is 1.83 bits per heavy atom. The van der Waals surface area contributed by atoms with E-state index in [0.29, 0.717) is 24.4 Å². The standard InChI is InChI=1S/C18H19ClN2O3/c19-13-5-3-12(4-6-13)14-9-21(10-15(14)16(22)23)17(24)18(11-20)7-1-2-8-18/h3-6,14-15H,1-2,7-10H2,(H,22,23)/t14-,15+/m0/s1. The van der Waals surface area contributed by atoms with E-state index in [4.69, 9.17) is 11.6 Å². The fourth-order valence-electron chi connectivity index (χ4n) is 3.92. The number of nitriles is 1. The van der Waals surface area contributed by atoms with Crippen molar-refractivity contribution < 1.29 is 14.7 Å². The Balaban J connectivity index is 1.85. The molecular formula is C18H19ClN2O3. The molecular weight excluding hydrogens is 328 g/mol. The summed E-state index contributed by atoms with van der Waals surface area (Å²) in [6.07, 6.45) is 2.89. The van der Waals surface area contributed by atoms with Gasteiger partial charge in [-0.05, 0) is 30.5 Å². The molecule has 1 saturated carbocycles. The molecule has 1 aromatic rings. The summed E-state index contributed by atoms with van der Waals surface area (Å²) in [6.45, 7) is 0.492. The third-order valence-corrected chi connectivity index (χ3v) is 5.55. The van der Waals surface area contributed by atoms with Crippen molar-refractivity contribution in [2.45, 2.75) is 31.6 Å². The molecule has 2 fully saturated rings. The number of hydrogen-bond acceptors (Lipinski definition) is 3. The predicted molar refractivity (Wildman–Crippen MR) is 88.4 cm³/mol. The number of aliphatic carboxylic acids is 1. The summed E-state index contributed by atoms with van der Waals surface area (Å²) in [7, 11) is 0. The molecule has 0 spiro atoms. The van der Waals surface area contributed by atoms with E-state index in [1.165, 1.54) is 0 Å². The number of amides is 1. The lowest BCUT2D eigenvalue weighted by Gasteiger charge is -2.26. The second-order valence-corrected chi connectivity index (χ2v) is 7.15. The Hall–Kier alpha value is -2.06. The molecule has 0 unspecified atom stereocenters. The van der Waals surface area contributed by atoms with E-state index in [1.807, 2.05) is 12.1 Å². The lowest BCUT2D eigenvalue weighted by Crippen LogP contribution is -2.41. The van der Waals surface area contributed by atoms with Gasteiger partial charge in [-0.2, -0.15) is 5.26 Å². The fraction of sp³-hybridized carbons (Fsp3) is 0.500. The van der Waals surface area contributed by atoms with Gasteiger partial charge in [-0.3, -0.25) is 9.59 Å². The Morgan fingerprint density at radius 1 is 1.21 bits per heavy atom. The monoisotopic (exact) mass is 346 g/mol. The third-order valence-electron chi connectivity index (χ3n) is 5.30. The summed E-state index contributed by atoms with van der Waals surface area (Å²) in [4.78, 5) is 26.1. The maximum atomic E-state index is 12.9. The van der Waals surface area contributed by atoms with E-state index in [0.717, 1.165) is 18.4 Å². The van der Waals surface area contributed by atoms with E-state index in [1.54, 1.807) is 17.0 Å². The van der Waals surface area contributed by atoms with Crippen LogP contribution in [0.3, 0.4) is 0 Å². The van der Waals surface area contributed by atoms with Gasteiger partial charge in [0.2, 0.25) is 5.91 Å². The molecule has 3 rings (SSSR count). The summed E-state index contributed by atoms with van der Waals surface area (Å²) in [5.74, 6) is -2.05. The van der Waals surface area contributed by atoms with Gasteiger partial charge in [0.15, 0.2) is 0 Å². The Labute approximate surface area is 145 Å². The smallest absolute Gasteiger partial charge is 0.308 e. The second kappa shape index (κ2) is 6.45. The number of halogens is 1. The molecule has 24 heavy (non-hydrogen) atoms. The number of carbonyl (C=O) groups excluding carboxylic acids is 1. The van der Waals surface area contributed by atoms with Crippen LogP contribution >= 0.6 is 11.6 Å². The summed E-state index contributed by atoms with van der Waals surface area (Å²) in [5, 5.41) is 19.7. The molecule has 0 aromatic heterocycles. The summed E-state index contributed by atoms with van der Waals surface area (Å²) >= 11 is 5.90. The van der Waals surface area contributed by atoms with Crippen LogP contribution in [0.1, 0.15) is 37.2 Å². The van der Waals surface area contributed by atoms with Crippen molar-refractivity contribution in [3.8, 4) is 6.07 Å². The molecule has 1 aromatic carbocycles. The summed E-state index contributed by atoms with van der Waals surface area (Å²) < 4.78 is 0. The average Bonchev–Trinajstić information content (AvgIpc) is 3.23. The van der Waals surface area contributed by atoms with Gasteiger partial charge in [0, 0.05) is 24.0 Å². The van der Waals surface area contributed by atoms with E-state index >= 15 is 0 Å². The number of hydrogen-bond donors (Lipinski definition) is 1. The van der Waals surface area contributed by atoms with Gasteiger partial charge in [-0.1, -0.05) is 36.6 Å². The molecule has 2 atom stereocenters. The lowest BCUT2D eigenvalue weighted by molar-refractivity contribution is -0.142. The first-order valence-electron chi connectivity index (χ1n) is 8.16. The third kappa shape index (κ3) is 2.87. The number of nitrogens with zero attached hydrogens (tertiary/aromatic N) is 2. The highest BCUT2D eigenvalue weighted by Gasteiger charge is 2.48. The highest BCUT2D eigenvalue weighted by Crippen LogP contribution is 2.42. The zero-order chi connectivity index (χ0) is 17.3. The number of carboxylic acid groups (broad SMARTS) is 1. The molecule has 126 valence electrons. The van der Waals surface area contributed by atoms with Crippen LogP contribution < -0.4 is 0 Å². The second-order valence-electron chi connectivity index (χ2n) is 6.71.